The zero-order valence-corrected chi connectivity index (χ0v) is 11.5. The molecule has 1 N–H and O–H groups in total. The first-order chi connectivity index (χ1) is 8.29. The van der Waals surface area contributed by atoms with E-state index in [1.807, 2.05) is 25.2 Å². The Labute approximate surface area is 113 Å². The van der Waals surface area contributed by atoms with Gasteiger partial charge in [-0.25, -0.2) is 4.98 Å². The first kappa shape index (κ1) is 10.8. The lowest BCUT2D eigenvalue weighted by molar-refractivity contribution is 1.47. The number of aromatic nitrogens is 1. The van der Waals surface area contributed by atoms with E-state index in [0.29, 0.717) is 0 Å². The van der Waals surface area contributed by atoms with Crippen LogP contribution in [0.2, 0.25) is 0 Å². The van der Waals surface area contributed by atoms with Crippen molar-refractivity contribution >= 4 is 50.1 Å². The predicted octanol–water partition coefficient (Wildman–Crippen LogP) is 4.03. The van der Waals surface area contributed by atoms with E-state index in [4.69, 9.17) is 0 Å². The normalized spacial score (nSPS) is 10.9. The summed E-state index contributed by atoms with van der Waals surface area (Å²) in [5.74, 6) is 0. The van der Waals surface area contributed by atoms with Crippen LogP contribution in [0.3, 0.4) is 0 Å². The molecule has 1 aromatic heterocycles. The summed E-state index contributed by atoms with van der Waals surface area (Å²) in [7, 11) is 1.96. The number of benzene rings is 2. The summed E-state index contributed by atoms with van der Waals surface area (Å²) in [5.41, 5.74) is 3.23. The van der Waals surface area contributed by atoms with Gasteiger partial charge in [-0.15, -0.1) is 0 Å². The smallest absolute Gasteiger partial charge is 0.0731 e. The number of halogens is 1. The minimum atomic E-state index is 1.03. The van der Waals surface area contributed by atoms with Crippen LogP contribution in [0.15, 0.2) is 42.5 Å². The molecule has 84 valence electrons. The van der Waals surface area contributed by atoms with Crippen LogP contribution in [0.25, 0.3) is 21.8 Å². The van der Waals surface area contributed by atoms with Crippen molar-refractivity contribution in [1.82, 2.24) is 4.98 Å². The lowest BCUT2D eigenvalue weighted by Crippen LogP contribution is -1.94. The van der Waals surface area contributed by atoms with Crippen LogP contribution in [0, 0.1) is 3.57 Å². The van der Waals surface area contributed by atoms with Crippen molar-refractivity contribution in [2.75, 3.05) is 12.4 Å². The Morgan fingerprint density at radius 3 is 2.59 bits per heavy atom. The fourth-order valence-electron chi connectivity index (χ4n) is 2.13. The summed E-state index contributed by atoms with van der Waals surface area (Å²) in [6, 6.07) is 14.6. The topological polar surface area (TPSA) is 24.9 Å². The number of hydrogen-bond acceptors (Lipinski definition) is 2. The summed E-state index contributed by atoms with van der Waals surface area (Å²) in [5, 5.41) is 5.65. The van der Waals surface area contributed by atoms with Crippen molar-refractivity contribution in [2.24, 2.45) is 0 Å². The molecule has 0 aliphatic heterocycles. The Balaban J connectivity index is 2.54. The van der Waals surface area contributed by atoms with E-state index in [0.717, 1.165) is 16.7 Å². The number of pyridine rings is 1. The standard InChI is InChI=1S/C14H11IN2/c1-16-14-10-4-2-3-5-12(10)17-13-7-6-9(15)8-11(13)14/h2-8H,1H3,(H,16,17). The molecule has 3 rings (SSSR count). The van der Waals surface area contributed by atoms with Gasteiger partial charge in [0.25, 0.3) is 0 Å². The average Bonchev–Trinajstić information content (AvgIpc) is 2.36. The number of rotatable bonds is 1. The third kappa shape index (κ3) is 1.74. The molecule has 2 aromatic carbocycles. The van der Waals surface area contributed by atoms with Crippen LogP contribution in [0.4, 0.5) is 5.69 Å². The Hall–Kier alpha value is -1.36. The van der Waals surface area contributed by atoms with Crippen molar-refractivity contribution in [3.05, 3.63) is 46.0 Å². The highest BCUT2D eigenvalue weighted by Gasteiger charge is 2.07. The third-order valence-electron chi connectivity index (χ3n) is 2.89. The summed E-state index contributed by atoms with van der Waals surface area (Å²) in [4.78, 5) is 4.68. The molecule has 0 bridgehead atoms. The first-order valence-electron chi connectivity index (χ1n) is 5.45. The number of para-hydroxylation sites is 1. The van der Waals surface area contributed by atoms with Gasteiger partial charge in [-0.1, -0.05) is 18.2 Å². The van der Waals surface area contributed by atoms with Crippen LogP contribution >= 0.6 is 22.6 Å². The number of fused-ring (bicyclic) bond motifs is 2. The molecule has 0 aliphatic carbocycles. The highest BCUT2D eigenvalue weighted by molar-refractivity contribution is 14.1. The lowest BCUT2D eigenvalue weighted by atomic mass is 10.1. The molecule has 0 saturated heterocycles. The highest BCUT2D eigenvalue weighted by atomic mass is 127. The van der Waals surface area contributed by atoms with Gasteiger partial charge in [-0.05, 0) is 46.9 Å². The zero-order valence-electron chi connectivity index (χ0n) is 9.37. The average molecular weight is 334 g/mol. The van der Waals surface area contributed by atoms with Gasteiger partial charge in [0, 0.05) is 21.4 Å². The van der Waals surface area contributed by atoms with E-state index in [-0.39, 0.29) is 0 Å². The molecule has 0 spiro atoms. The minimum Gasteiger partial charge on any atom is -0.387 e. The molecule has 1 heterocycles. The molecule has 3 heteroatoms. The molecule has 0 aliphatic rings. The molecule has 2 nitrogen and oxygen atoms in total. The second-order valence-corrected chi connectivity index (χ2v) is 5.16. The van der Waals surface area contributed by atoms with Gasteiger partial charge in [-0.3, -0.25) is 0 Å². The van der Waals surface area contributed by atoms with Crippen molar-refractivity contribution in [2.45, 2.75) is 0 Å². The number of nitrogens with zero attached hydrogens (tertiary/aromatic N) is 1. The van der Waals surface area contributed by atoms with Gasteiger partial charge in [0.2, 0.25) is 0 Å². The van der Waals surface area contributed by atoms with Crippen molar-refractivity contribution in [3.63, 3.8) is 0 Å². The molecule has 0 fully saturated rings. The van der Waals surface area contributed by atoms with Gasteiger partial charge >= 0.3 is 0 Å². The second kappa shape index (κ2) is 4.14. The maximum atomic E-state index is 4.68. The van der Waals surface area contributed by atoms with Gasteiger partial charge in [0.1, 0.15) is 0 Å². The predicted molar refractivity (Wildman–Crippen MR) is 81.5 cm³/mol. The molecule has 0 amide bonds. The zero-order chi connectivity index (χ0) is 11.8. The fourth-order valence-corrected chi connectivity index (χ4v) is 2.62. The molecule has 0 unspecified atom stereocenters. The minimum absolute atomic E-state index is 1.03. The van der Waals surface area contributed by atoms with Gasteiger partial charge in [-0.2, -0.15) is 0 Å². The van der Waals surface area contributed by atoms with E-state index in [1.54, 1.807) is 0 Å². The quantitative estimate of drug-likeness (QED) is 0.537. The number of nitrogens with one attached hydrogen (secondary N) is 1. The third-order valence-corrected chi connectivity index (χ3v) is 3.56. The Morgan fingerprint density at radius 2 is 1.76 bits per heavy atom. The maximum Gasteiger partial charge on any atom is 0.0731 e. The van der Waals surface area contributed by atoms with E-state index in [9.17, 15) is 0 Å². The van der Waals surface area contributed by atoms with Gasteiger partial charge in [0.15, 0.2) is 0 Å². The maximum absolute atomic E-state index is 4.68. The van der Waals surface area contributed by atoms with Crippen LogP contribution in [-0.4, -0.2) is 12.0 Å². The summed E-state index contributed by atoms with van der Waals surface area (Å²) in [6.45, 7) is 0. The highest BCUT2D eigenvalue weighted by Crippen LogP contribution is 2.31. The molecule has 17 heavy (non-hydrogen) atoms. The van der Waals surface area contributed by atoms with Crippen molar-refractivity contribution < 1.29 is 0 Å². The Morgan fingerprint density at radius 1 is 1.00 bits per heavy atom. The molecule has 0 saturated carbocycles. The molecular weight excluding hydrogens is 323 g/mol. The van der Waals surface area contributed by atoms with Gasteiger partial charge in [0.05, 0.1) is 16.7 Å². The Bertz CT molecular complexity index is 707. The van der Waals surface area contributed by atoms with Crippen LogP contribution < -0.4 is 5.32 Å². The van der Waals surface area contributed by atoms with Crippen molar-refractivity contribution in [1.29, 1.82) is 0 Å². The molecule has 0 atom stereocenters. The van der Waals surface area contributed by atoms with Crippen LogP contribution in [0.1, 0.15) is 0 Å². The SMILES string of the molecule is CNc1c2ccccc2nc2ccc(I)cc12. The van der Waals surface area contributed by atoms with Crippen molar-refractivity contribution in [3.8, 4) is 0 Å². The first-order valence-corrected chi connectivity index (χ1v) is 6.53. The van der Waals surface area contributed by atoms with Crippen LogP contribution in [0.5, 0.6) is 0 Å². The van der Waals surface area contributed by atoms with Crippen LogP contribution in [-0.2, 0) is 0 Å². The summed E-state index contributed by atoms with van der Waals surface area (Å²) < 4.78 is 1.23. The monoisotopic (exact) mass is 334 g/mol. The van der Waals surface area contributed by atoms with E-state index >= 15 is 0 Å². The molecule has 3 aromatic rings. The number of anilines is 1. The summed E-state index contributed by atoms with van der Waals surface area (Å²) >= 11 is 2.33. The Kier molecular flexibility index (Phi) is 2.63. The summed E-state index contributed by atoms with van der Waals surface area (Å²) in [6.07, 6.45) is 0. The molecule has 0 radical (unpaired) electrons. The second-order valence-electron chi connectivity index (χ2n) is 3.92. The number of hydrogen-bond donors (Lipinski definition) is 1. The van der Waals surface area contributed by atoms with Gasteiger partial charge < -0.3 is 5.32 Å². The fraction of sp³-hybridized carbons (Fsp3) is 0.0714. The van der Waals surface area contributed by atoms with E-state index in [1.165, 1.54) is 14.3 Å². The van der Waals surface area contributed by atoms with E-state index < -0.39 is 0 Å². The lowest BCUT2D eigenvalue weighted by Gasteiger charge is -2.10. The largest absolute Gasteiger partial charge is 0.387 e. The molecular formula is C14H11IN2. The van der Waals surface area contributed by atoms with E-state index in [2.05, 4.69) is 57.2 Å².